The average Bonchev–Trinajstić information content (AvgIpc) is 2.91. The van der Waals surface area contributed by atoms with E-state index in [9.17, 15) is 24.0 Å². The maximum atomic E-state index is 13.4. The number of carbonyl (C=O) groups is 5. The van der Waals surface area contributed by atoms with Crippen LogP contribution >= 0.6 is 0 Å². The summed E-state index contributed by atoms with van der Waals surface area (Å²) in [4.78, 5) is 71.3. The molecule has 0 unspecified atom stereocenters. The maximum Gasteiger partial charge on any atom is 0.320 e. The predicted octanol–water partition coefficient (Wildman–Crippen LogP) is 4.79. The minimum atomic E-state index is -0.782. The van der Waals surface area contributed by atoms with Crippen LogP contribution < -0.4 is 5.73 Å². The van der Waals surface area contributed by atoms with Gasteiger partial charge in [-0.3, -0.25) is 38.7 Å². The standard InChI is InChI=1S/C41H70N4O10/c1-37(2,3)51-32(46)24-43(20-21-44(25-33(47)52-38(4,5)6)26-34(48)53-39(7,8)9)23-31(22-29-16-18-30(42)19-17-29)45(27-35(49)54-40(10,11)12)28-36(50)55-41(13,14)15/h16-19,31H,20-28,42H2,1-15H3/t31-/m0/s1. The molecule has 0 heterocycles. The van der Waals surface area contributed by atoms with Gasteiger partial charge in [-0.25, -0.2) is 0 Å². The van der Waals surface area contributed by atoms with Crippen LogP contribution in [0.3, 0.4) is 0 Å². The molecule has 0 amide bonds. The second-order valence-electron chi connectivity index (χ2n) is 18.9. The van der Waals surface area contributed by atoms with Crippen LogP contribution in [0.25, 0.3) is 0 Å². The lowest BCUT2D eigenvalue weighted by Gasteiger charge is -2.36. The van der Waals surface area contributed by atoms with Crippen LogP contribution in [0.1, 0.15) is 109 Å². The third-order valence-corrected chi connectivity index (χ3v) is 6.99. The Morgan fingerprint density at radius 3 is 1.11 bits per heavy atom. The molecule has 0 radical (unpaired) electrons. The number of rotatable bonds is 18. The maximum absolute atomic E-state index is 13.4. The number of hydrogen-bond acceptors (Lipinski definition) is 14. The van der Waals surface area contributed by atoms with Crippen LogP contribution in [0, 0.1) is 0 Å². The fourth-order valence-corrected chi connectivity index (χ4v) is 5.33. The molecule has 1 aromatic rings. The van der Waals surface area contributed by atoms with Gasteiger partial charge in [0.15, 0.2) is 0 Å². The Bertz CT molecular complexity index is 1350. The number of nitrogens with two attached hydrogens (primary N) is 1. The van der Waals surface area contributed by atoms with E-state index in [1.54, 1.807) is 126 Å². The largest absolute Gasteiger partial charge is 0.459 e. The molecule has 0 bridgehead atoms. The molecule has 314 valence electrons. The van der Waals surface area contributed by atoms with Crippen molar-refractivity contribution in [1.29, 1.82) is 0 Å². The molecule has 14 heteroatoms. The van der Waals surface area contributed by atoms with Crippen molar-refractivity contribution in [3.8, 4) is 0 Å². The first kappa shape index (κ1) is 49.3. The van der Waals surface area contributed by atoms with Crippen LogP contribution in [-0.2, 0) is 54.1 Å². The highest BCUT2D eigenvalue weighted by atomic mass is 16.6. The van der Waals surface area contributed by atoms with Crippen LogP contribution in [0.5, 0.6) is 0 Å². The summed E-state index contributed by atoms with van der Waals surface area (Å²) in [7, 11) is 0. The van der Waals surface area contributed by atoms with E-state index in [4.69, 9.17) is 29.4 Å². The second-order valence-corrected chi connectivity index (χ2v) is 18.9. The molecule has 0 saturated heterocycles. The Morgan fingerprint density at radius 1 is 0.491 bits per heavy atom. The number of hydrogen-bond donors (Lipinski definition) is 1. The van der Waals surface area contributed by atoms with E-state index in [0.717, 1.165) is 5.56 Å². The van der Waals surface area contributed by atoms with E-state index >= 15 is 0 Å². The van der Waals surface area contributed by atoms with E-state index in [0.29, 0.717) is 12.1 Å². The summed E-state index contributed by atoms with van der Waals surface area (Å²) in [6.07, 6.45) is 0.343. The summed E-state index contributed by atoms with van der Waals surface area (Å²) in [5.41, 5.74) is 3.59. The van der Waals surface area contributed by atoms with E-state index in [1.165, 1.54) is 0 Å². The number of anilines is 1. The van der Waals surface area contributed by atoms with Gasteiger partial charge in [0.2, 0.25) is 0 Å². The zero-order chi connectivity index (χ0) is 42.6. The van der Waals surface area contributed by atoms with Crippen molar-refractivity contribution in [2.45, 2.75) is 144 Å². The number of carbonyl (C=O) groups excluding carboxylic acids is 5. The van der Waals surface area contributed by atoms with E-state index in [2.05, 4.69) is 0 Å². The van der Waals surface area contributed by atoms with Gasteiger partial charge in [-0.05, 0) is 128 Å². The quantitative estimate of drug-likeness (QED) is 0.123. The number of benzene rings is 1. The average molecular weight is 779 g/mol. The van der Waals surface area contributed by atoms with Crippen molar-refractivity contribution in [2.75, 3.05) is 58.1 Å². The molecular weight excluding hydrogens is 708 g/mol. The molecule has 0 saturated carbocycles. The Balaban J connectivity index is 3.71. The monoisotopic (exact) mass is 779 g/mol. The number of ether oxygens (including phenoxy) is 5. The fraction of sp³-hybridized carbons (Fsp3) is 0.732. The molecule has 0 aliphatic heterocycles. The summed E-state index contributed by atoms with van der Waals surface area (Å²) >= 11 is 0. The fourth-order valence-electron chi connectivity index (χ4n) is 5.33. The zero-order valence-corrected chi connectivity index (χ0v) is 36.3. The summed E-state index contributed by atoms with van der Waals surface area (Å²) in [5, 5.41) is 0. The Kier molecular flexibility index (Phi) is 18.3. The van der Waals surface area contributed by atoms with Crippen LogP contribution in [0.15, 0.2) is 24.3 Å². The van der Waals surface area contributed by atoms with Gasteiger partial charge in [-0.15, -0.1) is 0 Å². The van der Waals surface area contributed by atoms with Gasteiger partial charge >= 0.3 is 29.8 Å². The number of nitrogens with zero attached hydrogens (tertiary/aromatic N) is 3. The van der Waals surface area contributed by atoms with E-state index in [1.807, 2.05) is 17.0 Å². The Morgan fingerprint density at radius 2 is 0.782 bits per heavy atom. The lowest BCUT2D eigenvalue weighted by Crippen LogP contribution is -2.52. The summed E-state index contributed by atoms with van der Waals surface area (Å²) in [6, 6.07) is 6.70. The Labute approximate surface area is 329 Å². The SMILES string of the molecule is CC(C)(C)OC(=O)CN(CCN(CC(=O)OC(C)(C)C)C[C@H](Cc1ccc(N)cc1)N(CC(=O)OC(C)(C)C)CC(=O)OC(C)(C)C)CC(=O)OC(C)(C)C. The zero-order valence-electron chi connectivity index (χ0n) is 36.3. The molecule has 0 aliphatic carbocycles. The highest BCUT2D eigenvalue weighted by molar-refractivity contribution is 5.76. The van der Waals surface area contributed by atoms with Crippen LogP contribution in [-0.4, -0.2) is 131 Å². The molecule has 2 N–H and O–H groups in total. The molecule has 1 rings (SSSR count). The van der Waals surface area contributed by atoms with Gasteiger partial charge < -0.3 is 29.4 Å². The Hall–Kier alpha value is -3.75. The molecule has 0 fully saturated rings. The topological polar surface area (TPSA) is 167 Å². The molecule has 0 aliphatic rings. The normalized spacial score (nSPS) is 13.4. The van der Waals surface area contributed by atoms with Crippen molar-refractivity contribution in [2.24, 2.45) is 0 Å². The highest BCUT2D eigenvalue weighted by Gasteiger charge is 2.32. The van der Waals surface area contributed by atoms with Crippen molar-refractivity contribution in [3.05, 3.63) is 29.8 Å². The van der Waals surface area contributed by atoms with Gasteiger partial charge in [-0.2, -0.15) is 0 Å². The molecular formula is C41H70N4O10. The van der Waals surface area contributed by atoms with Gasteiger partial charge in [0, 0.05) is 31.4 Å². The molecule has 1 atom stereocenters. The third-order valence-electron chi connectivity index (χ3n) is 6.99. The van der Waals surface area contributed by atoms with Gasteiger partial charge in [-0.1, -0.05) is 12.1 Å². The van der Waals surface area contributed by atoms with Gasteiger partial charge in [0.1, 0.15) is 28.0 Å². The van der Waals surface area contributed by atoms with E-state index < -0.39 is 63.9 Å². The molecule has 1 aromatic carbocycles. The summed E-state index contributed by atoms with van der Waals surface area (Å²) in [5.74, 6) is -2.65. The van der Waals surface area contributed by atoms with E-state index in [-0.39, 0.29) is 52.4 Å². The lowest BCUT2D eigenvalue weighted by molar-refractivity contribution is -0.162. The molecule has 14 nitrogen and oxygen atoms in total. The first-order valence-corrected chi connectivity index (χ1v) is 18.9. The minimum absolute atomic E-state index is 0.147. The van der Waals surface area contributed by atoms with Gasteiger partial charge in [0.25, 0.3) is 0 Å². The highest BCUT2D eigenvalue weighted by Crippen LogP contribution is 2.18. The van der Waals surface area contributed by atoms with Gasteiger partial charge in [0.05, 0.1) is 32.7 Å². The van der Waals surface area contributed by atoms with Crippen molar-refractivity contribution in [3.63, 3.8) is 0 Å². The third kappa shape index (κ3) is 25.1. The minimum Gasteiger partial charge on any atom is -0.459 e. The van der Waals surface area contributed by atoms with Crippen molar-refractivity contribution < 1.29 is 47.7 Å². The second kappa shape index (κ2) is 20.4. The smallest absolute Gasteiger partial charge is 0.320 e. The first-order valence-electron chi connectivity index (χ1n) is 18.9. The molecule has 0 aromatic heterocycles. The van der Waals surface area contributed by atoms with Crippen molar-refractivity contribution in [1.82, 2.24) is 14.7 Å². The molecule has 0 spiro atoms. The number of nitrogen functional groups attached to an aromatic ring is 1. The predicted molar refractivity (Wildman–Crippen MR) is 212 cm³/mol. The summed E-state index contributed by atoms with van der Waals surface area (Å²) in [6.45, 7) is 25.8. The first-order chi connectivity index (χ1) is 24.8. The van der Waals surface area contributed by atoms with Crippen molar-refractivity contribution >= 4 is 35.5 Å². The van der Waals surface area contributed by atoms with Crippen LogP contribution in [0.2, 0.25) is 0 Å². The lowest BCUT2D eigenvalue weighted by atomic mass is 10.0. The molecule has 55 heavy (non-hydrogen) atoms. The summed E-state index contributed by atoms with van der Waals surface area (Å²) < 4.78 is 28.2. The number of esters is 5. The van der Waals surface area contributed by atoms with Crippen LogP contribution in [0.4, 0.5) is 5.69 Å².